The molecule has 0 fully saturated rings. The van der Waals surface area contributed by atoms with Gasteiger partial charge in [-0.15, -0.1) is 0 Å². The standard InChI is InChI=1S/C12H17N3O/c1-9-4-2-5-10-12(9)15(7-3-6-13)8-11(16)14-10/h2,4-5H,3,6-8,13H2,1H3,(H,14,16). The molecule has 4 heteroatoms. The van der Waals surface area contributed by atoms with E-state index in [-0.39, 0.29) is 5.91 Å². The second-order valence-corrected chi connectivity index (χ2v) is 4.08. The molecule has 1 aromatic carbocycles. The van der Waals surface area contributed by atoms with Crippen LogP contribution in [0.15, 0.2) is 18.2 Å². The first kappa shape index (κ1) is 11.0. The number of nitrogens with one attached hydrogen (secondary N) is 1. The van der Waals surface area contributed by atoms with Gasteiger partial charge in [0, 0.05) is 6.54 Å². The topological polar surface area (TPSA) is 58.4 Å². The van der Waals surface area contributed by atoms with Gasteiger partial charge in [0.25, 0.3) is 0 Å². The number of para-hydroxylation sites is 1. The Morgan fingerprint density at radius 2 is 2.31 bits per heavy atom. The second-order valence-electron chi connectivity index (χ2n) is 4.08. The third-order valence-electron chi connectivity index (χ3n) is 2.79. The number of nitrogens with two attached hydrogens (primary N) is 1. The van der Waals surface area contributed by atoms with Gasteiger partial charge in [-0.25, -0.2) is 0 Å². The van der Waals surface area contributed by atoms with Crippen molar-refractivity contribution in [3.05, 3.63) is 23.8 Å². The van der Waals surface area contributed by atoms with Crippen molar-refractivity contribution in [3.8, 4) is 0 Å². The molecule has 1 aromatic rings. The largest absolute Gasteiger partial charge is 0.360 e. The van der Waals surface area contributed by atoms with Crippen LogP contribution in [0.1, 0.15) is 12.0 Å². The summed E-state index contributed by atoms with van der Waals surface area (Å²) in [6.07, 6.45) is 0.904. The lowest BCUT2D eigenvalue weighted by atomic mass is 10.1. The molecule has 16 heavy (non-hydrogen) atoms. The van der Waals surface area contributed by atoms with Gasteiger partial charge in [-0.2, -0.15) is 0 Å². The molecule has 0 radical (unpaired) electrons. The summed E-state index contributed by atoms with van der Waals surface area (Å²) in [4.78, 5) is 13.6. The fourth-order valence-electron chi connectivity index (χ4n) is 2.09. The van der Waals surface area contributed by atoms with Crippen molar-refractivity contribution in [1.82, 2.24) is 0 Å². The van der Waals surface area contributed by atoms with Crippen LogP contribution in [0, 0.1) is 6.92 Å². The summed E-state index contributed by atoms with van der Waals surface area (Å²) in [5.41, 5.74) is 8.75. The van der Waals surface area contributed by atoms with Gasteiger partial charge in [-0.1, -0.05) is 12.1 Å². The van der Waals surface area contributed by atoms with E-state index in [0.29, 0.717) is 13.1 Å². The fourth-order valence-corrected chi connectivity index (χ4v) is 2.09. The van der Waals surface area contributed by atoms with Gasteiger partial charge in [-0.3, -0.25) is 4.79 Å². The predicted octanol–water partition coefficient (Wildman–Crippen LogP) is 1.10. The number of hydrogen-bond donors (Lipinski definition) is 2. The van der Waals surface area contributed by atoms with Crippen LogP contribution in [0.2, 0.25) is 0 Å². The Hall–Kier alpha value is -1.55. The van der Waals surface area contributed by atoms with E-state index in [9.17, 15) is 4.79 Å². The van der Waals surface area contributed by atoms with Gasteiger partial charge >= 0.3 is 0 Å². The molecule has 1 aliphatic heterocycles. The molecule has 0 bridgehead atoms. The van der Waals surface area contributed by atoms with E-state index in [0.717, 1.165) is 24.3 Å². The minimum Gasteiger partial charge on any atom is -0.360 e. The summed E-state index contributed by atoms with van der Waals surface area (Å²) >= 11 is 0. The molecular formula is C12H17N3O. The Morgan fingerprint density at radius 3 is 3.06 bits per heavy atom. The van der Waals surface area contributed by atoms with Gasteiger partial charge < -0.3 is 16.0 Å². The Balaban J connectivity index is 2.32. The number of carbonyl (C=O) groups excluding carboxylic acids is 1. The van der Waals surface area contributed by atoms with Crippen molar-refractivity contribution in [2.75, 3.05) is 29.9 Å². The van der Waals surface area contributed by atoms with Gasteiger partial charge in [0.15, 0.2) is 0 Å². The van der Waals surface area contributed by atoms with E-state index in [1.165, 1.54) is 5.56 Å². The average Bonchev–Trinajstić information content (AvgIpc) is 2.25. The summed E-state index contributed by atoms with van der Waals surface area (Å²) in [6, 6.07) is 5.96. The van der Waals surface area contributed by atoms with Crippen molar-refractivity contribution in [3.63, 3.8) is 0 Å². The maximum absolute atomic E-state index is 11.5. The minimum absolute atomic E-state index is 0.0510. The molecule has 0 aliphatic carbocycles. The molecule has 1 heterocycles. The number of nitrogens with zero attached hydrogens (tertiary/aromatic N) is 1. The molecule has 0 saturated carbocycles. The molecule has 0 aromatic heterocycles. The first-order chi connectivity index (χ1) is 7.72. The second kappa shape index (κ2) is 4.53. The molecule has 0 spiro atoms. The number of hydrogen-bond acceptors (Lipinski definition) is 3. The number of amides is 1. The maximum atomic E-state index is 11.5. The zero-order valence-electron chi connectivity index (χ0n) is 9.49. The van der Waals surface area contributed by atoms with E-state index in [1.54, 1.807) is 0 Å². The predicted molar refractivity (Wildman–Crippen MR) is 65.7 cm³/mol. The van der Waals surface area contributed by atoms with Crippen LogP contribution in [0.5, 0.6) is 0 Å². The quantitative estimate of drug-likeness (QED) is 0.800. The summed E-state index contributed by atoms with van der Waals surface area (Å²) in [7, 11) is 0. The first-order valence-electron chi connectivity index (χ1n) is 5.57. The van der Waals surface area contributed by atoms with Gasteiger partial charge in [0.2, 0.25) is 5.91 Å². The van der Waals surface area contributed by atoms with E-state index >= 15 is 0 Å². The molecule has 4 nitrogen and oxygen atoms in total. The normalized spacial score (nSPS) is 14.6. The Labute approximate surface area is 95.4 Å². The molecule has 0 saturated heterocycles. The number of rotatable bonds is 3. The molecule has 1 aliphatic rings. The average molecular weight is 219 g/mol. The molecule has 0 atom stereocenters. The van der Waals surface area contributed by atoms with Crippen LogP contribution < -0.4 is 16.0 Å². The van der Waals surface area contributed by atoms with E-state index < -0.39 is 0 Å². The lowest BCUT2D eigenvalue weighted by Gasteiger charge is -2.32. The van der Waals surface area contributed by atoms with Crippen LogP contribution >= 0.6 is 0 Å². The molecule has 86 valence electrons. The summed E-state index contributed by atoms with van der Waals surface area (Å²) < 4.78 is 0. The smallest absolute Gasteiger partial charge is 0.243 e. The van der Waals surface area contributed by atoms with E-state index in [2.05, 4.69) is 23.2 Å². The van der Waals surface area contributed by atoms with Crippen molar-refractivity contribution in [1.29, 1.82) is 0 Å². The third kappa shape index (κ3) is 2.02. The maximum Gasteiger partial charge on any atom is 0.243 e. The number of anilines is 2. The lowest BCUT2D eigenvalue weighted by Crippen LogP contribution is -2.39. The van der Waals surface area contributed by atoms with Crippen molar-refractivity contribution in [2.45, 2.75) is 13.3 Å². The number of benzene rings is 1. The van der Waals surface area contributed by atoms with Crippen LogP contribution in [0.3, 0.4) is 0 Å². The van der Waals surface area contributed by atoms with Crippen LogP contribution in [0.25, 0.3) is 0 Å². The summed E-state index contributed by atoms with van der Waals surface area (Å²) in [5, 5.41) is 2.90. The van der Waals surface area contributed by atoms with E-state index in [1.807, 2.05) is 12.1 Å². The Morgan fingerprint density at radius 1 is 1.50 bits per heavy atom. The number of carbonyl (C=O) groups is 1. The molecule has 0 unspecified atom stereocenters. The third-order valence-corrected chi connectivity index (χ3v) is 2.79. The number of aryl methyl sites for hydroxylation is 1. The van der Waals surface area contributed by atoms with Gasteiger partial charge in [-0.05, 0) is 31.5 Å². The highest BCUT2D eigenvalue weighted by Crippen LogP contribution is 2.32. The summed E-state index contributed by atoms with van der Waals surface area (Å²) in [6.45, 7) is 3.98. The first-order valence-corrected chi connectivity index (χ1v) is 5.57. The van der Waals surface area contributed by atoms with Crippen LogP contribution in [0.4, 0.5) is 11.4 Å². The zero-order valence-corrected chi connectivity index (χ0v) is 9.49. The summed E-state index contributed by atoms with van der Waals surface area (Å²) in [5.74, 6) is 0.0510. The molecular weight excluding hydrogens is 202 g/mol. The highest BCUT2D eigenvalue weighted by atomic mass is 16.2. The highest BCUT2D eigenvalue weighted by molar-refractivity contribution is 6.01. The van der Waals surface area contributed by atoms with Crippen molar-refractivity contribution < 1.29 is 4.79 Å². The van der Waals surface area contributed by atoms with Crippen molar-refractivity contribution in [2.24, 2.45) is 5.73 Å². The minimum atomic E-state index is 0.0510. The molecule has 2 rings (SSSR count). The monoisotopic (exact) mass is 219 g/mol. The van der Waals surface area contributed by atoms with E-state index in [4.69, 9.17) is 5.73 Å². The lowest BCUT2D eigenvalue weighted by molar-refractivity contribution is -0.115. The fraction of sp³-hybridized carbons (Fsp3) is 0.417. The molecule has 1 amide bonds. The van der Waals surface area contributed by atoms with Gasteiger partial charge in [0.05, 0.1) is 17.9 Å². The van der Waals surface area contributed by atoms with Crippen LogP contribution in [-0.4, -0.2) is 25.5 Å². The van der Waals surface area contributed by atoms with Crippen molar-refractivity contribution >= 4 is 17.3 Å². The van der Waals surface area contributed by atoms with Crippen LogP contribution in [-0.2, 0) is 4.79 Å². The Kier molecular flexibility index (Phi) is 3.10. The SMILES string of the molecule is Cc1cccc2c1N(CCCN)CC(=O)N2. The zero-order chi connectivity index (χ0) is 11.5. The molecule has 3 N–H and O–H groups in total. The highest BCUT2D eigenvalue weighted by Gasteiger charge is 2.22. The van der Waals surface area contributed by atoms with Gasteiger partial charge in [0.1, 0.15) is 0 Å². The number of fused-ring (bicyclic) bond motifs is 1. The Bertz CT molecular complexity index is 403.